The van der Waals surface area contributed by atoms with Crippen LogP contribution in [0.1, 0.15) is 80.6 Å². The molecule has 1 saturated carbocycles. The first kappa shape index (κ1) is 35.7. The number of nitrogens with two attached hydrogens (primary N) is 1. The molecule has 0 aromatic rings. The molecular weight excluding hydrogens is 514 g/mol. The first-order valence-electron chi connectivity index (χ1n) is 13.5. The van der Waals surface area contributed by atoms with Gasteiger partial charge in [-0.15, -0.1) is 0 Å². The number of carbonyl (C=O) groups excluding carboxylic acids is 3. The summed E-state index contributed by atoms with van der Waals surface area (Å²) in [5.41, 5.74) is 3.88. The summed E-state index contributed by atoms with van der Waals surface area (Å²) in [7, 11) is 13.2. The lowest BCUT2D eigenvalue weighted by molar-refractivity contribution is -0.139. The minimum absolute atomic E-state index is 0.106. The van der Waals surface area contributed by atoms with Crippen molar-refractivity contribution in [1.29, 1.82) is 0 Å². The molecule has 1 fully saturated rings. The normalized spacial score (nSPS) is 20.9. The van der Waals surface area contributed by atoms with Crippen LogP contribution in [0, 0.1) is 5.41 Å². The minimum Gasteiger partial charge on any atom is -0.360 e. The quantitative estimate of drug-likeness (QED) is 0.153. The molecule has 5 atom stereocenters. The van der Waals surface area contributed by atoms with Crippen LogP contribution in [0.4, 0.5) is 0 Å². The van der Waals surface area contributed by atoms with Crippen LogP contribution in [0.3, 0.4) is 0 Å². The van der Waals surface area contributed by atoms with Crippen LogP contribution in [0.2, 0.25) is 0 Å². The Labute approximate surface area is 243 Å². The molecule has 1 amide bonds. The zero-order valence-corrected chi connectivity index (χ0v) is 25.9. The standard InChI is InChI=1S/C25H45B4N3O4S2/c1-8-12-25(7,30)36-15-23(3,4)22(35)31-16(20(33)28-26)13-37-18-10-11-19(18)38-14-17(21(34)29-27)32-24(5,6)9-2/h16-19,32H,8-15,30H2,1-7H3,(H,31,35). The average molecular weight is 559 g/mol. The molecule has 7 nitrogen and oxygen atoms in total. The number of nitrogens with one attached hydrogen (secondary N) is 2. The zero-order valence-electron chi connectivity index (χ0n) is 24.3. The number of amides is 1. The number of hydrogen-bond donors (Lipinski definition) is 3. The van der Waals surface area contributed by atoms with E-state index in [0.717, 1.165) is 40.0 Å². The van der Waals surface area contributed by atoms with E-state index >= 15 is 0 Å². The van der Waals surface area contributed by atoms with E-state index in [4.69, 9.17) is 25.9 Å². The summed E-state index contributed by atoms with van der Waals surface area (Å²) in [4.78, 5) is 38.0. The Morgan fingerprint density at radius 2 is 1.47 bits per heavy atom. The number of hydrogen-bond acceptors (Lipinski definition) is 8. The highest BCUT2D eigenvalue weighted by Crippen LogP contribution is 2.40. The van der Waals surface area contributed by atoms with Crippen molar-refractivity contribution in [3.05, 3.63) is 0 Å². The lowest BCUT2D eigenvalue weighted by Crippen LogP contribution is -2.53. The van der Waals surface area contributed by atoms with Crippen molar-refractivity contribution in [3.63, 3.8) is 0 Å². The van der Waals surface area contributed by atoms with Gasteiger partial charge in [0.2, 0.25) is 5.91 Å². The number of thioether (sulfide) groups is 2. The van der Waals surface area contributed by atoms with Gasteiger partial charge in [-0.25, -0.2) is 0 Å². The predicted octanol–water partition coefficient (Wildman–Crippen LogP) is 1.76. The molecule has 0 aromatic carbocycles. The van der Waals surface area contributed by atoms with Gasteiger partial charge in [0.05, 0.1) is 35.5 Å². The second-order valence-electron chi connectivity index (χ2n) is 11.7. The Hall–Kier alpha value is -0.350. The summed E-state index contributed by atoms with van der Waals surface area (Å²) in [6, 6.07) is -1.07. The minimum atomic E-state index is -0.873. The lowest BCUT2D eigenvalue weighted by Gasteiger charge is -2.38. The van der Waals surface area contributed by atoms with E-state index in [1.165, 1.54) is 0 Å². The van der Waals surface area contributed by atoms with Gasteiger partial charge < -0.3 is 30.7 Å². The molecule has 0 heterocycles. The second kappa shape index (κ2) is 16.2. The van der Waals surface area contributed by atoms with E-state index in [9.17, 15) is 14.4 Å². The van der Waals surface area contributed by atoms with E-state index in [1.54, 1.807) is 44.3 Å². The van der Waals surface area contributed by atoms with Crippen LogP contribution in [-0.2, 0) is 19.1 Å². The van der Waals surface area contributed by atoms with Crippen molar-refractivity contribution in [2.45, 2.75) is 114 Å². The molecule has 1 aliphatic rings. The molecule has 0 bridgehead atoms. The third-order valence-electron chi connectivity index (χ3n) is 7.00. The SMILES string of the molecule is [B][B]C(=O)C(CSC1CCC1SCC(NC(C)(C)CC)C(=O)[B][B])NC(=O)C(C)(C)COC(C)(N)CCC. The molecule has 1 rings (SSSR count). The summed E-state index contributed by atoms with van der Waals surface area (Å²) < 4.78 is 5.82. The number of carbonyl (C=O) groups is 3. The van der Waals surface area contributed by atoms with Crippen LogP contribution in [-0.4, -0.2) is 99.0 Å². The lowest BCUT2D eigenvalue weighted by atomic mass is 9.51. The molecule has 0 aliphatic heterocycles. The molecule has 0 aromatic heterocycles. The first-order chi connectivity index (χ1) is 17.6. The van der Waals surface area contributed by atoms with Gasteiger partial charge in [-0.2, -0.15) is 23.5 Å². The fraction of sp³-hybridized carbons (Fsp3) is 0.880. The molecule has 38 heavy (non-hydrogen) atoms. The van der Waals surface area contributed by atoms with E-state index in [1.807, 2.05) is 6.92 Å². The van der Waals surface area contributed by atoms with Gasteiger partial charge in [0.25, 0.3) is 0 Å². The Bertz CT molecular complexity index is 790. The van der Waals surface area contributed by atoms with Gasteiger partial charge in [-0.05, 0) is 60.3 Å². The summed E-state index contributed by atoms with van der Waals surface area (Å²) in [5, 5.41) is 6.99. The van der Waals surface area contributed by atoms with Gasteiger partial charge in [0.1, 0.15) is 20.1 Å². The fourth-order valence-corrected chi connectivity index (χ4v) is 6.94. The Kier molecular flexibility index (Phi) is 15.2. The Morgan fingerprint density at radius 1 is 0.974 bits per heavy atom. The Morgan fingerprint density at radius 3 is 1.92 bits per heavy atom. The molecule has 0 saturated heterocycles. The van der Waals surface area contributed by atoms with Crippen molar-refractivity contribution in [2.24, 2.45) is 11.1 Å². The highest BCUT2D eigenvalue weighted by atomic mass is 32.2. The zero-order chi connectivity index (χ0) is 29.1. The monoisotopic (exact) mass is 559 g/mol. The van der Waals surface area contributed by atoms with Crippen molar-refractivity contribution in [3.8, 4) is 0 Å². The van der Waals surface area contributed by atoms with Gasteiger partial charge in [-0.1, -0.05) is 20.3 Å². The third-order valence-corrected chi connectivity index (χ3v) is 10.2. The van der Waals surface area contributed by atoms with Crippen molar-refractivity contribution < 1.29 is 19.1 Å². The van der Waals surface area contributed by atoms with E-state index in [0.29, 0.717) is 28.4 Å². The summed E-state index contributed by atoms with van der Waals surface area (Å²) >= 11 is 3.42. The molecule has 13 heteroatoms. The van der Waals surface area contributed by atoms with Crippen molar-refractivity contribution in [2.75, 3.05) is 18.1 Å². The van der Waals surface area contributed by atoms with Crippen molar-refractivity contribution in [1.82, 2.24) is 10.6 Å². The number of ether oxygens (including phenoxy) is 1. The van der Waals surface area contributed by atoms with E-state index < -0.39 is 17.2 Å². The molecule has 208 valence electrons. The van der Waals surface area contributed by atoms with Gasteiger partial charge in [0, 0.05) is 43.0 Å². The topological polar surface area (TPSA) is 111 Å². The van der Waals surface area contributed by atoms with Crippen molar-refractivity contribution >= 4 is 70.6 Å². The van der Waals surface area contributed by atoms with E-state index in [-0.39, 0.29) is 35.5 Å². The average Bonchev–Trinajstić information content (AvgIpc) is 2.84. The molecule has 6 radical (unpaired) electrons. The van der Waals surface area contributed by atoms with E-state index in [2.05, 4.69) is 31.4 Å². The molecule has 0 spiro atoms. The van der Waals surface area contributed by atoms with Crippen LogP contribution in [0.25, 0.3) is 0 Å². The van der Waals surface area contributed by atoms with Gasteiger partial charge in [0.15, 0.2) is 0 Å². The highest BCUT2D eigenvalue weighted by Gasteiger charge is 2.37. The van der Waals surface area contributed by atoms with Gasteiger partial charge >= 0.3 is 0 Å². The molecule has 5 unspecified atom stereocenters. The maximum Gasteiger partial charge on any atom is 0.228 e. The highest BCUT2D eigenvalue weighted by molar-refractivity contribution is 8.04. The fourth-order valence-electron chi connectivity index (χ4n) is 3.79. The molecule has 1 aliphatic carbocycles. The summed E-state index contributed by atoms with van der Waals surface area (Å²) in [6.07, 6.45) is 4.50. The van der Waals surface area contributed by atoms with Gasteiger partial charge in [-0.3, -0.25) is 4.79 Å². The van der Waals surface area contributed by atoms with Crippen LogP contribution in [0.5, 0.6) is 0 Å². The van der Waals surface area contributed by atoms with Crippen LogP contribution in [0.15, 0.2) is 0 Å². The largest absolute Gasteiger partial charge is 0.360 e. The Balaban J connectivity index is 2.69. The van der Waals surface area contributed by atoms with Crippen LogP contribution >= 0.6 is 23.5 Å². The number of rotatable bonds is 20. The summed E-state index contributed by atoms with van der Waals surface area (Å²) in [5.74, 6) is 0.760. The third kappa shape index (κ3) is 12.0. The summed E-state index contributed by atoms with van der Waals surface area (Å²) in [6.45, 7) is 13.7. The maximum absolute atomic E-state index is 13.1. The first-order valence-corrected chi connectivity index (χ1v) is 15.6. The smallest absolute Gasteiger partial charge is 0.228 e. The molecular formula is C25H45B4N3O4S2. The molecule has 4 N–H and O–H groups in total. The van der Waals surface area contributed by atoms with Crippen LogP contribution < -0.4 is 16.4 Å². The second-order valence-corrected chi connectivity index (χ2v) is 14.2. The maximum atomic E-state index is 13.1. The predicted molar refractivity (Wildman–Crippen MR) is 165 cm³/mol.